The third-order valence-corrected chi connectivity index (χ3v) is 3.87. The highest BCUT2D eigenvalue weighted by Gasteiger charge is 2.21. The number of thioether (sulfide) groups is 1. The Morgan fingerprint density at radius 1 is 1.11 bits per heavy atom. The van der Waals surface area contributed by atoms with Crippen molar-refractivity contribution in [2.75, 3.05) is 5.75 Å². The van der Waals surface area contributed by atoms with Crippen molar-refractivity contribution in [2.45, 2.75) is 45.9 Å². The second-order valence-electron chi connectivity index (χ2n) is 5.13. The normalized spacial score (nSPS) is 12.5. The molecular weight excluding hydrogens is 266 g/mol. The minimum Gasteiger partial charge on any atom is -0.479 e. The van der Waals surface area contributed by atoms with E-state index in [1.165, 1.54) is 11.8 Å². The van der Waals surface area contributed by atoms with Gasteiger partial charge in [-0.3, -0.25) is 9.59 Å². The Bertz CT molecular complexity index is 329. The van der Waals surface area contributed by atoms with E-state index in [1.807, 2.05) is 13.8 Å². The summed E-state index contributed by atoms with van der Waals surface area (Å²) in [5.74, 6) is -0.532. The molecule has 0 aromatic heterocycles. The second kappa shape index (κ2) is 8.96. The number of carboxylic acids is 1. The van der Waals surface area contributed by atoms with E-state index in [1.54, 1.807) is 13.8 Å². The molecule has 0 radical (unpaired) electrons. The van der Waals surface area contributed by atoms with Crippen LogP contribution in [0.1, 0.15) is 40.5 Å². The molecule has 0 saturated heterocycles. The number of Topliss-reactive ketones (excluding diaryl/α,β-unsaturated/α-hetero) is 1. The van der Waals surface area contributed by atoms with Crippen molar-refractivity contribution in [3.63, 3.8) is 0 Å². The van der Waals surface area contributed by atoms with Crippen LogP contribution in [0.5, 0.6) is 0 Å². The molecule has 1 unspecified atom stereocenters. The summed E-state index contributed by atoms with van der Waals surface area (Å²) in [6, 6.07) is 0. The lowest BCUT2D eigenvalue weighted by molar-refractivity contribution is -0.139. The fraction of sp³-hybridized carbons (Fsp3) is 0.769. The van der Waals surface area contributed by atoms with Gasteiger partial charge in [-0.15, -0.1) is 11.8 Å². The summed E-state index contributed by atoms with van der Waals surface area (Å²) in [5, 5.41) is 10.5. The summed E-state index contributed by atoms with van der Waals surface area (Å²) < 4.78 is 0. The Hall–Kier alpha value is -1.04. The average Bonchev–Trinajstić information content (AvgIpc) is 2.30. The maximum absolute atomic E-state index is 11.6. The highest BCUT2D eigenvalue weighted by molar-refractivity contribution is 8.00. The SMILES string of the molecule is CC(C)CSC(NC(=O)CCC(=O)C(C)C)C(=O)O. The maximum atomic E-state index is 11.6. The molecule has 0 fully saturated rings. The molecule has 0 aliphatic carbocycles. The molecule has 0 spiro atoms. The fourth-order valence-electron chi connectivity index (χ4n) is 1.21. The number of rotatable bonds is 9. The highest BCUT2D eigenvalue weighted by Crippen LogP contribution is 2.13. The molecule has 2 N–H and O–H groups in total. The van der Waals surface area contributed by atoms with Crippen molar-refractivity contribution in [1.29, 1.82) is 0 Å². The van der Waals surface area contributed by atoms with Crippen molar-refractivity contribution in [3.05, 3.63) is 0 Å². The Morgan fingerprint density at radius 2 is 1.68 bits per heavy atom. The van der Waals surface area contributed by atoms with Crippen LogP contribution in [0, 0.1) is 11.8 Å². The minimum atomic E-state index is -1.06. The zero-order valence-electron chi connectivity index (χ0n) is 11.9. The van der Waals surface area contributed by atoms with E-state index in [4.69, 9.17) is 5.11 Å². The molecule has 0 heterocycles. The first-order valence-corrected chi connectivity index (χ1v) is 7.45. The van der Waals surface area contributed by atoms with E-state index in [9.17, 15) is 14.4 Å². The van der Waals surface area contributed by atoms with Crippen LogP contribution in [0.2, 0.25) is 0 Å². The summed E-state index contributed by atoms with van der Waals surface area (Å²) in [5.41, 5.74) is 0. The standard InChI is InChI=1S/C13H23NO4S/c1-8(2)7-19-12(13(17)18)14-11(16)6-5-10(15)9(3)4/h8-9,12H,5-7H2,1-4H3,(H,14,16)(H,17,18). The molecular formula is C13H23NO4S. The monoisotopic (exact) mass is 289 g/mol. The van der Waals surface area contributed by atoms with E-state index in [-0.39, 0.29) is 24.5 Å². The van der Waals surface area contributed by atoms with Gasteiger partial charge in [0, 0.05) is 18.8 Å². The van der Waals surface area contributed by atoms with Gasteiger partial charge in [-0.1, -0.05) is 27.7 Å². The quantitative estimate of drug-likeness (QED) is 0.633. The van der Waals surface area contributed by atoms with Crippen LogP contribution >= 0.6 is 11.8 Å². The summed E-state index contributed by atoms with van der Waals surface area (Å²) in [4.78, 5) is 34.0. The van der Waals surface area contributed by atoms with E-state index in [0.29, 0.717) is 11.7 Å². The molecule has 0 bridgehead atoms. The molecule has 0 saturated carbocycles. The van der Waals surface area contributed by atoms with Gasteiger partial charge in [0.25, 0.3) is 0 Å². The van der Waals surface area contributed by atoms with Crippen molar-refractivity contribution >= 4 is 29.4 Å². The zero-order chi connectivity index (χ0) is 15.0. The maximum Gasteiger partial charge on any atom is 0.336 e. The summed E-state index contributed by atoms with van der Waals surface area (Å²) in [6.45, 7) is 7.52. The molecule has 1 atom stereocenters. The first-order chi connectivity index (χ1) is 8.73. The molecule has 0 aliphatic rings. The van der Waals surface area contributed by atoms with Gasteiger partial charge in [-0.05, 0) is 11.7 Å². The fourth-order valence-corrected chi connectivity index (χ4v) is 2.14. The largest absolute Gasteiger partial charge is 0.479 e. The highest BCUT2D eigenvalue weighted by atomic mass is 32.2. The van der Waals surface area contributed by atoms with Crippen LogP contribution in [0.15, 0.2) is 0 Å². The number of carboxylic acid groups (broad SMARTS) is 1. The lowest BCUT2D eigenvalue weighted by Gasteiger charge is -2.15. The smallest absolute Gasteiger partial charge is 0.336 e. The van der Waals surface area contributed by atoms with Crippen LogP contribution in [0.3, 0.4) is 0 Å². The van der Waals surface area contributed by atoms with Crippen LogP contribution in [-0.2, 0) is 14.4 Å². The molecule has 0 rings (SSSR count). The Labute approximate surface area is 118 Å². The number of hydrogen-bond donors (Lipinski definition) is 2. The molecule has 0 aromatic carbocycles. The lowest BCUT2D eigenvalue weighted by atomic mass is 10.0. The predicted molar refractivity (Wildman–Crippen MR) is 75.9 cm³/mol. The molecule has 0 aliphatic heterocycles. The zero-order valence-corrected chi connectivity index (χ0v) is 12.8. The van der Waals surface area contributed by atoms with Crippen molar-refractivity contribution < 1.29 is 19.5 Å². The van der Waals surface area contributed by atoms with Crippen molar-refractivity contribution in [1.82, 2.24) is 5.32 Å². The van der Waals surface area contributed by atoms with Gasteiger partial charge in [-0.2, -0.15) is 0 Å². The topological polar surface area (TPSA) is 83.5 Å². The summed E-state index contributed by atoms with van der Waals surface area (Å²) >= 11 is 1.19. The van der Waals surface area contributed by atoms with Gasteiger partial charge in [0.2, 0.25) is 5.91 Å². The number of ketones is 1. The summed E-state index contributed by atoms with van der Waals surface area (Å²) in [7, 11) is 0. The van der Waals surface area contributed by atoms with Gasteiger partial charge >= 0.3 is 5.97 Å². The second-order valence-corrected chi connectivity index (χ2v) is 6.27. The summed E-state index contributed by atoms with van der Waals surface area (Å²) in [6.07, 6.45) is 0.202. The Balaban J connectivity index is 4.17. The molecule has 5 nitrogen and oxygen atoms in total. The number of hydrogen-bond acceptors (Lipinski definition) is 4. The van der Waals surface area contributed by atoms with Crippen LogP contribution in [0.4, 0.5) is 0 Å². The first kappa shape index (κ1) is 18.0. The molecule has 19 heavy (non-hydrogen) atoms. The van der Waals surface area contributed by atoms with E-state index >= 15 is 0 Å². The lowest BCUT2D eigenvalue weighted by Crippen LogP contribution is -2.39. The molecule has 1 amide bonds. The molecule has 110 valence electrons. The third kappa shape index (κ3) is 8.64. The van der Waals surface area contributed by atoms with E-state index < -0.39 is 17.3 Å². The van der Waals surface area contributed by atoms with E-state index in [2.05, 4.69) is 5.32 Å². The number of nitrogens with one attached hydrogen (secondary N) is 1. The van der Waals surface area contributed by atoms with E-state index in [0.717, 1.165) is 0 Å². The van der Waals surface area contributed by atoms with Crippen LogP contribution < -0.4 is 5.32 Å². The van der Waals surface area contributed by atoms with Gasteiger partial charge < -0.3 is 10.4 Å². The van der Waals surface area contributed by atoms with Crippen molar-refractivity contribution in [2.24, 2.45) is 11.8 Å². The van der Waals surface area contributed by atoms with Gasteiger partial charge in [0.15, 0.2) is 5.37 Å². The van der Waals surface area contributed by atoms with Gasteiger partial charge in [0.1, 0.15) is 5.78 Å². The number of carbonyl (C=O) groups is 3. The van der Waals surface area contributed by atoms with Crippen LogP contribution in [-0.4, -0.2) is 33.9 Å². The predicted octanol–water partition coefficient (Wildman–Crippen LogP) is 1.91. The number of aliphatic carboxylic acids is 1. The first-order valence-electron chi connectivity index (χ1n) is 6.40. The Morgan fingerprint density at radius 3 is 2.11 bits per heavy atom. The van der Waals surface area contributed by atoms with Gasteiger partial charge in [-0.25, -0.2) is 4.79 Å². The van der Waals surface area contributed by atoms with Crippen molar-refractivity contribution in [3.8, 4) is 0 Å². The minimum absolute atomic E-state index is 0.0110. The van der Waals surface area contributed by atoms with Crippen LogP contribution in [0.25, 0.3) is 0 Å². The Kier molecular flexibility index (Phi) is 8.47. The molecule has 0 aromatic rings. The number of carbonyl (C=O) groups excluding carboxylic acids is 2. The average molecular weight is 289 g/mol. The number of amides is 1. The molecule has 6 heteroatoms. The van der Waals surface area contributed by atoms with Gasteiger partial charge in [0.05, 0.1) is 0 Å². The third-order valence-electron chi connectivity index (χ3n) is 2.36.